The van der Waals surface area contributed by atoms with Crippen molar-refractivity contribution >= 4 is 21.6 Å². The van der Waals surface area contributed by atoms with Crippen LogP contribution in [-0.4, -0.2) is 34.5 Å². The van der Waals surface area contributed by atoms with E-state index in [2.05, 4.69) is 10.0 Å². The topological polar surface area (TPSA) is 78.5 Å². The fourth-order valence-corrected chi connectivity index (χ4v) is 4.26. The van der Waals surface area contributed by atoms with E-state index in [1.165, 1.54) is 6.07 Å². The Bertz CT molecular complexity index is 943. The molecule has 0 saturated heterocycles. The highest BCUT2D eigenvalue weighted by Gasteiger charge is 2.16. The number of hydrogen-bond donors (Lipinski definition) is 2. The van der Waals surface area contributed by atoms with Crippen LogP contribution in [0, 0.1) is 5.82 Å². The molecule has 0 aliphatic carbocycles. The molecule has 0 aromatic heterocycles. The van der Waals surface area contributed by atoms with E-state index < -0.39 is 21.7 Å². The molecule has 0 atom stereocenters. The van der Waals surface area contributed by atoms with E-state index in [1.54, 1.807) is 69.2 Å². The molecule has 0 spiro atoms. The second kappa shape index (κ2) is 9.16. The van der Waals surface area contributed by atoms with Crippen LogP contribution in [-0.2, 0) is 22.3 Å². The minimum Gasteiger partial charge on any atom is -0.375 e. The molecule has 152 valence electrons. The molecule has 0 aliphatic heterocycles. The first-order valence-corrected chi connectivity index (χ1v) is 10.6. The van der Waals surface area contributed by atoms with Crippen LogP contribution in [0.2, 0.25) is 0 Å². The molecular formula is C20H26FN3O3S. The summed E-state index contributed by atoms with van der Waals surface area (Å²) in [7, 11) is -0.0436. The van der Waals surface area contributed by atoms with Gasteiger partial charge in [-0.3, -0.25) is 4.79 Å². The van der Waals surface area contributed by atoms with Crippen molar-refractivity contribution in [2.45, 2.75) is 32.2 Å². The molecule has 0 bridgehead atoms. The largest absolute Gasteiger partial charge is 0.375 e. The van der Waals surface area contributed by atoms with E-state index in [0.717, 1.165) is 0 Å². The van der Waals surface area contributed by atoms with Crippen LogP contribution in [0.5, 0.6) is 0 Å². The molecule has 28 heavy (non-hydrogen) atoms. The Morgan fingerprint density at radius 1 is 1.11 bits per heavy atom. The Morgan fingerprint density at radius 2 is 1.75 bits per heavy atom. The third-order valence-corrected chi connectivity index (χ3v) is 5.53. The van der Waals surface area contributed by atoms with Crippen molar-refractivity contribution < 1.29 is 17.6 Å². The van der Waals surface area contributed by atoms with E-state index in [4.69, 9.17) is 0 Å². The van der Waals surface area contributed by atoms with Crippen LogP contribution < -0.4 is 14.9 Å². The maximum atomic E-state index is 14.1. The zero-order valence-corrected chi connectivity index (χ0v) is 17.3. The Morgan fingerprint density at radius 3 is 2.32 bits per heavy atom. The fourth-order valence-electron chi connectivity index (χ4n) is 2.76. The van der Waals surface area contributed by atoms with Gasteiger partial charge in [0.1, 0.15) is 5.82 Å². The van der Waals surface area contributed by atoms with E-state index in [-0.39, 0.29) is 23.9 Å². The second-order valence-electron chi connectivity index (χ2n) is 7.04. The number of halogens is 1. The van der Waals surface area contributed by atoms with Crippen LogP contribution in [0.15, 0.2) is 42.5 Å². The number of nitrogens with one attached hydrogen (secondary N) is 2. The summed E-state index contributed by atoms with van der Waals surface area (Å²) in [5.74, 6) is -1.09. The molecule has 2 N–H and O–H groups in total. The smallest absolute Gasteiger partial charge is 0.251 e. The molecule has 2 aromatic carbocycles. The minimum atomic E-state index is -3.48. The maximum absolute atomic E-state index is 14.1. The molecule has 0 fully saturated rings. The molecular weight excluding hydrogens is 381 g/mol. The predicted octanol–water partition coefficient (Wildman–Crippen LogP) is 2.65. The highest BCUT2D eigenvalue weighted by Crippen LogP contribution is 2.18. The standard InChI is InChI=1S/C20H26FN3O3S/c1-14(2)23-28(26,27)13-17-8-6-5-7-16(17)12-22-20(25)15-9-10-19(24(3)4)18(21)11-15/h5-11,14,23H,12-13H2,1-4H3,(H,22,25). The number of benzene rings is 2. The van der Waals surface area contributed by atoms with E-state index in [0.29, 0.717) is 16.8 Å². The van der Waals surface area contributed by atoms with Crippen molar-refractivity contribution in [2.75, 3.05) is 19.0 Å². The average molecular weight is 408 g/mol. The molecule has 8 heteroatoms. The quantitative estimate of drug-likeness (QED) is 0.705. The van der Waals surface area contributed by atoms with Crippen LogP contribution >= 0.6 is 0 Å². The highest BCUT2D eigenvalue weighted by molar-refractivity contribution is 7.88. The van der Waals surface area contributed by atoms with Gasteiger partial charge in [0.25, 0.3) is 5.91 Å². The van der Waals surface area contributed by atoms with Gasteiger partial charge in [0.2, 0.25) is 10.0 Å². The van der Waals surface area contributed by atoms with Crippen molar-refractivity contribution in [1.82, 2.24) is 10.0 Å². The normalized spacial score (nSPS) is 11.5. The summed E-state index contributed by atoms with van der Waals surface area (Å²) in [4.78, 5) is 14.0. The van der Waals surface area contributed by atoms with Crippen molar-refractivity contribution in [1.29, 1.82) is 0 Å². The van der Waals surface area contributed by atoms with Crippen molar-refractivity contribution in [3.63, 3.8) is 0 Å². The third kappa shape index (κ3) is 6.03. The lowest BCUT2D eigenvalue weighted by Gasteiger charge is -2.15. The number of sulfonamides is 1. The molecule has 0 saturated carbocycles. The summed E-state index contributed by atoms with van der Waals surface area (Å²) in [6.45, 7) is 3.65. The lowest BCUT2D eigenvalue weighted by Crippen LogP contribution is -2.32. The summed E-state index contributed by atoms with van der Waals surface area (Å²) in [5.41, 5.74) is 1.89. The summed E-state index contributed by atoms with van der Waals surface area (Å²) in [6, 6.07) is 11.1. The van der Waals surface area contributed by atoms with Crippen molar-refractivity contribution in [3.8, 4) is 0 Å². The Balaban J connectivity index is 2.11. The lowest BCUT2D eigenvalue weighted by molar-refractivity contribution is 0.0950. The highest BCUT2D eigenvalue weighted by atomic mass is 32.2. The predicted molar refractivity (Wildman–Crippen MR) is 109 cm³/mol. The van der Waals surface area contributed by atoms with E-state index in [1.807, 2.05) is 0 Å². The molecule has 1 amide bonds. The van der Waals surface area contributed by atoms with E-state index in [9.17, 15) is 17.6 Å². The second-order valence-corrected chi connectivity index (χ2v) is 8.80. The number of hydrogen-bond acceptors (Lipinski definition) is 4. The average Bonchev–Trinajstić information content (AvgIpc) is 2.58. The van der Waals surface area contributed by atoms with Crippen molar-refractivity contribution in [2.24, 2.45) is 0 Å². The first-order valence-electron chi connectivity index (χ1n) is 8.91. The number of rotatable bonds is 8. The number of carbonyl (C=O) groups is 1. The Labute approximate surface area is 165 Å². The first kappa shape index (κ1) is 21.8. The monoisotopic (exact) mass is 407 g/mol. The van der Waals surface area contributed by atoms with E-state index >= 15 is 0 Å². The molecule has 0 unspecified atom stereocenters. The van der Waals surface area contributed by atoms with Gasteiger partial charge in [-0.2, -0.15) is 0 Å². The first-order chi connectivity index (χ1) is 13.1. The van der Waals surface area contributed by atoms with Crippen LogP contribution in [0.25, 0.3) is 0 Å². The van der Waals surface area contributed by atoms with Gasteiger partial charge in [0.05, 0.1) is 11.4 Å². The van der Waals surface area contributed by atoms with Gasteiger partial charge in [0, 0.05) is 32.2 Å². The van der Waals surface area contributed by atoms with Gasteiger partial charge in [0.15, 0.2) is 0 Å². The Hall–Kier alpha value is -2.45. The van der Waals surface area contributed by atoms with Gasteiger partial charge in [-0.05, 0) is 43.2 Å². The molecule has 6 nitrogen and oxygen atoms in total. The molecule has 0 aliphatic rings. The summed E-state index contributed by atoms with van der Waals surface area (Å²) >= 11 is 0. The van der Waals surface area contributed by atoms with Gasteiger partial charge in [-0.15, -0.1) is 0 Å². The summed E-state index contributed by atoms with van der Waals surface area (Å²) in [5, 5.41) is 2.72. The minimum absolute atomic E-state index is 0.142. The van der Waals surface area contributed by atoms with Gasteiger partial charge >= 0.3 is 0 Å². The van der Waals surface area contributed by atoms with Crippen LogP contribution in [0.4, 0.5) is 10.1 Å². The number of nitrogens with zero attached hydrogens (tertiary/aromatic N) is 1. The van der Waals surface area contributed by atoms with Crippen LogP contribution in [0.3, 0.4) is 0 Å². The zero-order valence-electron chi connectivity index (χ0n) is 16.5. The lowest BCUT2D eigenvalue weighted by atomic mass is 10.1. The zero-order chi connectivity index (χ0) is 20.9. The molecule has 2 aromatic rings. The van der Waals surface area contributed by atoms with Gasteiger partial charge < -0.3 is 10.2 Å². The summed E-state index contributed by atoms with van der Waals surface area (Å²) in [6.07, 6.45) is 0. The van der Waals surface area contributed by atoms with Gasteiger partial charge in [-0.25, -0.2) is 17.5 Å². The molecule has 2 rings (SSSR count). The number of anilines is 1. The molecule has 0 heterocycles. The third-order valence-electron chi connectivity index (χ3n) is 4.01. The number of amides is 1. The summed E-state index contributed by atoms with van der Waals surface area (Å²) < 4.78 is 41.0. The molecule has 0 radical (unpaired) electrons. The fraction of sp³-hybridized carbons (Fsp3) is 0.350. The van der Waals surface area contributed by atoms with Crippen molar-refractivity contribution in [3.05, 3.63) is 65.0 Å². The van der Waals surface area contributed by atoms with Crippen LogP contribution in [0.1, 0.15) is 35.3 Å². The number of carbonyl (C=O) groups excluding carboxylic acids is 1. The SMILES string of the molecule is CC(C)NS(=O)(=O)Cc1ccccc1CNC(=O)c1ccc(N(C)C)c(F)c1. The van der Waals surface area contributed by atoms with Gasteiger partial charge in [-0.1, -0.05) is 24.3 Å². The Kier molecular flexibility index (Phi) is 7.15. The maximum Gasteiger partial charge on any atom is 0.251 e.